The molecule has 86 valence electrons. The van der Waals surface area contributed by atoms with Gasteiger partial charge in [-0.2, -0.15) is 0 Å². The lowest BCUT2D eigenvalue weighted by atomic mass is 10.1. The molecule has 0 spiro atoms. The molecule has 0 aromatic heterocycles. The van der Waals surface area contributed by atoms with Crippen LogP contribution in [0, 0.1) is 18.7 Å². The molecule has 1 amide bonds. The summed E-state index contributed by atoms with van der Waals surface area (Å²) in [5.74, 6) is -0.234. The molecule has 0 aliphatic carbocycles. The Morgan fingerprint density at radius 2 is 2.38 bits per heavy atom. The minimum atomic E-state index is -0.280. The normalized spacial score (nSPS) is 19.8. The van der Waals surface area contributed by atoms with Crippen molar-refractivity contribution < 1.29 is 9.18 Å². The van der Waals surface area contributed by atoms with Gasteiger partial charge in [0.1, 0.15) is 5.82 Å². The van der Waals surface area contributed by atoms with Crippen molar-refractivity contribution in [3.63, 3.8) is 0 Å². The van der Waals surface area contributed by atoms with E-state index in [1.807, 2.05) is 0 Å². The van der Waals surface area contributed by atoms with E-state index in [-0.39, 0.29) is 17.6 Å². The topological polar surface area (TPSA) is 41.1 Å². The molecule has 1 saturated heterocycles. The Bertz CT molecular complexity index is 400. The van der Waals surface area contributed by atoms with E-state index in [0.29, 0.717) is 5.69 Å². The summed E-state index contributed by atoms with van der Waals surface area (Å²) < 4.78 is 12.9. The van der Waals surface area contributed by atoms with E-state index < -0.39 is 0 Å². The third-order valence-electron chi connectivity index (χ3n) is 2.88. The maximum atomic E-state index is 12.9. The van der Waals surface area contributed by atoms with Gasteiger partial charge in [0.2, 0.25) is 5.91 Å². The molecule has 1 aliphatic rings. The van der Waals surface area contributed by atoms with E-state index in [2.05, 4.69) is 10.6 Å². The Labute approximate surface area is 94.0 Å². The standard InChI is InChI=1S/C12H15FN2O/c1-8-6-10(13)2-3-11(8)15-12(16)9-4-5-14-7-9/h2-3,6,9,14H,4-5,7H2,1H3,(H,15,16). The van der Waals surface area contributed by atoms with Gasteiger partial charge in [-0.1, -0.05) is 0 Å². The number of halogens is 1. The van der Waals surface area contributed by atoms with Gasteiger partial charge in [0.05, 0.1) is 5.92 Å². The Hall–Kier alpha value is -1.42. The molecule has 1 fully saturated rings. The first-order chi connectivity index (χ1) is 7.66. The average molecular weight is 222 g/mol. The zero-order chi connectivity index (χ0) is 11.5. The Kier molecular flexibility index (Phi) is 3.19. The van der Waals surface area contributed by atoms with Crippen LogP contribution in [0.4, 0.5) is 10.1 Å². The van der Waals surface area contributed by atoms with Crippen molar-refractivity contribution >= 4 is 11.6 Å². The number of hydrogen-bond donors (Lipinski definition) is 2. The van der Waals surface area contributed by atoms with E-state index in [9.17, 15) is 9.18 Å². The molecule has 1 unspecified atom stereocenters. The summed E-state index contributed by atoms with van der Waals surface area (Å²) in [5.41, 5.74) is 1.44. The van der Waals surface area contributed by atoms with Gasteiger partial charge in [-0.25, -0.2) is 4.39 Å². The highest BCUT2D eigenvalue weighted by molar-refractivity contribution is 5.93. The van der Waals surface area contributed by atoms with Gasteiger partial charge in [-0.05, 0) is 43.7 Å². The second kappa shape index (κ2) is 4.61. The molecule has 0 bridgehead atoms. The number of hydrogen-bond acceptors (Lipinski definition) is 2. The van der Waals surface area contributed by atoms with E-state index in [0.717, 1.165) is 25.1 Å². The van der Waals surface area contributed by atoms with Crippen LogP contribution in [0.5, 0.6) is 0 Å². The van der Waals surface area contributed by atoms with E-state index in [1.54, 1.807) is 13.0 Å². The lowest BCUT2D eigenvalue weighted by Gasteiger charge is -2.11. The van der Waals surface area contributed by atoms with Crippen molar-refractivity contribution in [2.24, 2.45) is 5.92 Å². The first kappa shape index (κ1) is 11.1. The van der Waals surface area contributed by atoms with Crippen LogP contribution in [0.25, 0.3) is 0 Å². The van der Waals surface area contributed by atoms with Gasteiger partial charge in [0.25, 0.3) is 0 Å². The van der Waals surface area contributed by atoms with Crippen LogP contribution in [0.3, 0.4) is 0 Å². The fraction of sp³-hybridized carbons (Fsp3) is 0.417. The van der Waals surface area contributed by atoms with Gasteiger partial charge in [0, 0.05) is 12.2 Å². The number of amides is 1. The van der Waals surface area contributed by atoms with Crippen molar-refractivity contribution in [3.05, 3.63) is 29.6 Å². The highest BCUT2D eigenvalue weighted by Gasteiger charge is 2.22. The molecule has 0 saturated carbocycles. The minimum absolute atomic E-state index is 0.0136. The average Bonchev–Trinajstić information content (AvgIpc) is 2.75. The minimum Gasteiger partial charge on any atom is -0.326 e. The summed E-state index contributed by atoms with van der Waals surface area (Å²) in [7, 11) is 0. The number of rotatable bonds is 2. The fourth-order valence-corrected chi connectivity index (χ4v) is 1.88. The maximum Gasteiger partial charge on any atom is 0.228 e. The largest absolute Gasteiger partial charge is 0.326 e. The zero-order valence-corrected chi connectivity index (χ0v) is 9.22. The molecule has 3 nitrogen and oxygen atoms in total. The van der Waals surface area contributed by atoms with E-state index in [4.69, 9.17) is 0 Å². The smallest absolute Gasteiger partial charge is 0.228 e. The number of carbonyl (C=O) groups is 1. The van der Waals surface area contributed by atoms with Gasteiger partial charge in [-0.3, -0.25) is 4.79 Å². The number of anilines is 1. The van der Waals surface area contributed by atoms with Gasteiger partial charge in [0.15, 0.2) is 0 Å². The van der Waals surface area contributed by atoms with Crippen molar-refractivity contribution in [2.75, 3.05) is 18.4 Å². The van der Waals surface area contributed by atoms with Crippen LogP contribution in [-0.2, 0) is 4.79 Å². The number of nitrogens with one attached hydrogen (secondary N) is 2. The third kappa shape index (κ3) is 2.39. The molecule has 16 heavy (non-hydrogen) atoms. The predicted molar refractivity (Wildman–Crippen MR) is 60.7 cm³/mol. The van der Waals surface area contributed by atoms with Crippen molar-refractivity contribution in [3.8, 4) is 0 Å². The number of aryl methyl sites for hydroxylation is 1. The summed E-state index contributed by atoms with van der Waals surface area (Å²) in [6.07, 6.45) is 0.867. The molecule has 1 atom stereocenters. The van der Waals surface area contributed by atoms with Crippen LogP contribution in [0.2, 0.25) is 0 Å². The summed E-state index contributed by atoms with van der Waals surface area (Å²) in [5, 5.41) is 5.98. The lowest BCUT2D eigenvalue weighted by Crippen LogP contribution is -2.24. The molecule has 2 N–H and O–H groups in total. The van der Waals surface area contributed by atoms with Gasteiger partial charge >= 0.3 is 0 Å². The predicted octanol–water partition coefficient (Wildman–Crippen LogP) is 1.68. The molecule has 1 aromatic rings. The summed E-state index contributed by atoms with van der Waals surface area (Å²) in [6, 6.07) is 4.38. The van der Waals surface area contributed by atoms with E-state index >= 15 is 0 Å². The molecule has 1 heterocycles. The molecular formula is C12H15FN2O. The van der Waals surface area contributed by atoms with Crippen LogP contribution < -0.4 is 10.6 Å². The highest BCUT2D eigenvalue weighted by atomic mass is 19.1. The molecule has 4 heteroatoms. The van der Waals surface area contributed by atoms with Crippen molar-refractivity contribution in [1.82, 2.24) is 5.32 Å². The third-order valence-corrected chi connectivity index (χ3v) is 2.88. The second-order valence-corrected chi connectivity index (χ2v) is 4.14. The Balaban J connectivity index is 2.05. The quantitative estimate of drug-likeness (QED) is 0.799. The SMILES string of the molecule is Cc1cc(F)ccc1NC(=O)C1CCNC1. The highest BCUT2D eigenvalue weighted by Crippen LogP contribution is 2.18. The number of benzene rings is 1. The lowest BCUT2D eigenvalue weighted by molar-refractivity contribution is -0.119. The molecule has 1 aliphatic heterocycles. The first-order valence-electron chi connectivity index (χ1n) is 5.44. The van der Waals surface area contributed by atoms with Crippen molar-refractivity contribution in [2.45, 2.75) is 13.3 Å². The van der Waals surface area contributed by atoms with Crippen LogP contribution >= 0.6 is 0 Å². The Morgan fingerprint density at radius 3 is 3.00 bits per heavy atom. The second-order valence-electron chi connectivity index (χ2n) is 4.14. The van der Waals surface area contributed by atoms with Crippen LogP contribution in [-0.4, -0.2) is 19.0 Å². The summed E-state index contributed by atoms with van der Waals surface area (Å²) in [6.45, 7) is 3.40. The number of carbonyl (C=O) groups excluding carboxylic acids is 1. The van der Waals surface area contributed by atoms with Crippen LogP contribution in [0.15, 0.2) is 18.2 Å². The van der Waals surface area contributed by atoms with E-state index in [1.165, 1.54) is 12.1 Å². The summed E-state index contributed by atoms with van der Waals surface area (Å²) in [4.78, 5) is 11.8. The van der Waals surface area contributed by atoms with Crippen LogP contribution in [0.1, 0.15) is 12.0 Å². The van der Waals surface area contributed by atoms with Gasteiger partial charge in [-0.15, -0.1) is 0 Å². The maximum absolute atomic E-state index is 12.9. The molecule has 2 rings (SSSR count). The molecule has 0 radical (unpaired) electrons. The zero-order valence-electron chi connectivity index (χ0n) is 9.22. The fourth-order valence-electron chi connectivity index (χ4n) is 1.88. The van der Waals surface area contributed by atoms with Gasteiger partial charge < -0.3 is 10.6 Å². The molecule has 1 aromatic carbocycles. The monoisotopic (exact) mass is 222 g/mol. The first-order valence-corrected chi connectivity index (χ1v) is 5.44. The Morgan fingerprint density at radius 1 is 1.56 bits per heavy atom. The summed E-state index contributed by atoms with van der Waals surface area (Å²) >= 11 is 0. The van der Waals surface area contributed by atoms with Crippen molar-refractivity contribution in [1.29, 1.82) is 0 Å². The molecular weight excluding hydrogens is 207 g/mol.